The molecule has 1 aliphatic heterocycles. The molecule has 4 rings (SSSR count). The van der Waals surface area contributed by atoms with Crippen LogP contribution in [0.3, 0.4) is 0 Å². The molecule has 1 unspecified atom stereocenters. The van der Waals surface area contributed by atoms with Crippen LogP contribution in [0.25, 0.3) is 21.8 Å². The van der Waals surface area contributed by atoms with E-state index < -0.39 is 17.7 Å². The van der Waals surface area contributed by atoms with Crippen LogP contribution in [0.5, 0.6) is 0 Å². The van der Waals surface area contributed by atoms with E-state index in [2.05, 4.69) is 5.32 Å². The van der Waals surface area contributed by atoms with E-state index in [0.29, 0.717) is 41.4 Å². The number of benzene rings is 1. The van der Waals surface area contributed by atoms with Gasteiger partial charge in [0, 0.05) is 25.1 Å². The quantitative estimate of drug-likeness (QED) is 0.507. The summed E-state index contributed by atoms with van der Waals surface area (Å²) in [5, 5.41) is 18.2. The molecule has 1 amide bonds. The molecule has 2 N–H and O–H groups in total. The second-order valence-corrected chi connectivity index (χ2v) is 9.85. The van der Waals surface area contributed by atoms with Crippen molar-refractivity contribution in [3.8, 4) is 0 Å². The Labute approximate surface area is 202 Å². The first kappa shape index (κ1) is 24.7. The summed E-state index contributed by atoms with van der Waals surface area (Å²) in [5.41, 5.74) is 0.998. The molecule has 1 fully saturated rings. The average Bonchev–Trinajstić information content (AvgIpc) is 3.15. The summed E-state index contributed by atoms with van der Waals surface area (Å²) >= 11 is 0. The molecule has 1 aromatic carbocycles. The molecule has 0 bridgehead atoms. The normalized spacial score (nSPS) is 16.5. The number of hydrogen-bond acceptors (Lipinski definition) is 6. The number of carbonyl (C=O) groups is 2. The summed E-state index contributed by atoms with van der Waals surface area (Å²) in [4.78, 5) is 37.3. The van der Waals surface area contributed by atoms with Crippen LogP contribution >= 0.6 is 0 Å². The molecule has 3 heterocycles. The Hall–Kier alpha value is -3.40. The zero-order valence-electron chi connectivity index (χ0n) is 20.6. The summed E-state index contributed by atoms with van der Waals surface area (Å²) in [7, 11) is 0. The molecule has 0 aliphatic carbocycles. The van der Waals surface area contributed by atoms with Crippen LogP contribution in [-0.4, -0.2) is 50.3 Å². The molecule has 0 saturated carbocycles. The van der Waals surface area contributed by atoms with Crippen molar-refractivity contribution in [1.29, 1.82) is 0 Å². The number of aromatic carboxylic acids is 1. The molecule has 188 valence electrons. The van der Waals surface area contributed by atoms with Gasteiger partial charge in [0.1, 0.15) is 17.3 Å². The number of carbonyl (C=O) groups excluding carboxylic acids is 1. The lowest BCUT2D eigenvalue weighted by atomic mass is 10.1. The molecule has 3 aromatic rings. The number of amides is 1. The van der Waals surface area contributed by atoms with Gasteiger partial charge in [0.2, 0.25) is 0 Å². The topological polar surface area (TPSA) is 125 Å². The van der Waals surface area contributed by atoms with Gasteiger partial charge in [-0.3, -0.25) is 4.79 Å². The fraction of sp³-hybridized carbons (Fsp3) is 0.520. The molecule has 1 atom stereocenters. The van der Waals surface area contributed by atoms with Crippen molar-refractivity contribution >= 4 is 33.9 Å². The van der Waals surface area contributed by atoms with E-state index in [4.69, 9.17) is 14.6 Å². The minimum absolute atomic E-state index is 0.0867. The minimum Gasteiger partial charge on any atom is -0.478 e. The number of rotatable bonds is 6. The molecule has 1 saturated heterocycles. The van der Waals surface area contributed by atoms with Crippen molar-refractivity contribution in [2.24, 2.45) is 0 Å². The third-order valence-corrected chi connectivity index (χ3v) is 6.05. The molecular formula is C25H32N4O6. The highest BCUT2D eigenvalue weighted by Crippen LogP contribution is 2.30. The summed E-state index contributed by atoms with van der Waals surface area (Å²) in [6.07, 6.45) is 2.55. The predicted molar refractivity (Wildman–Crippen MR) is 131 cm³/mol. The van der Waals surface area contributed by atoms with E-state index >= 15 is 0 Å². The van der Waals surface area contributed by atoms with Crippen molar-refractivity contribution in [2.45, 2.75) is 71.8 Å². The lowest BCUT2D eigenvalue weighted by Crippen LogP contribution is -2.33. The van der Waals surface area contributed by atoms with Gasteiger partial charge in [-0.2, -0.15) is 5.10 Å². The van der Waals surface area contributed by atoms with Crippen LogP contribution in [0.1, 0.15) is 68.7 Å². The highest BCUT2D eigenvalue weighted by molar-refractivity contribution is 6.06. The Kier molecular flexibility index (Phi) is 6.84. The van der Waals surface area contributed by atoms with Crippen molar-refractivity contribution < 1.29 is 24.2 Å². The van der Waals surface area contributed by atoms with Gasteiger partial charge in [0.25, 0.3) is 5.56 Å². The van der Waals surface area contributed by atoms with Gasteiger partial charge < -0.3 is 24.5 Å². The first-order chi connectivity index (χ1) is 16.6. The maximum atomic E-state index is 13.7. The van der Waals surface area contributed by atoms with Gasteiger partial charge in [-0.15, -0.1) is 0 Å². The minimum atomic E-state index is -1.07. The van der Waals surface area contributed by atoms with E-state index in [-0.39, 0.29) is 23.9 Å². The molecule has 10 heteroatoms. The third-order valence-electron chi connectivity index (χ3n) is 6.05. The van der Waals surface area contributed by atoms with Crippen molar-refractivity contribution in [1.82, 2.24) is 19.7 Å². The van der Waals surface area contributed by atoms with Crippen LogP contribution in [0.4, 0.5) is 4.79 Å². The Morgan fingerprint density at radius 3 is 2.71 bits per heavy atom. The number of ether oxygens (including phenoxy) is 2. The van der Waals surface area contributed by atoms with Crippen LogP contribution in [0.15, 0.2) is 23.0 Å². The fourth-order valence-electron chi connectivity index (χ4n) is 4.46. The second kappa shape index (κ2) is 9.69. The van der Waals surface area contributed by atoms with E-state index in [0.717, 1.165) is 25.0 Å². The smallest absolute Gasteiger partial charge is 0.407 e. The summed E-state index contributed by atoms with van der Waals surface area (Å²) in [5.74, 6) is -1.07. The molecule has 1 aliphatic rings. The maximum Gasteiger partial charge on any atom is 0.407 e. The molecule has 10 nitrogen and oxygen atoms in total. The maximum absolute atomic E-state index is 13.7. The van der Waals surface area contributed by atoms with Crippen LogP contribution in [-0.2, 0) is 16.0 Å². The Bertz CT molecular complexity index is 1330. The lowest BCUT2D eigenvalue weighted by molar-refractivity contribution is -0.0402. The molecule has 0 radical (unpaired) electrons. The lowest BCUT2D eigenvalue weighted by Gasteiger charge is -2.23. The number of carboxylic acid groups (broad SMARTS) is 1. The highest BCUT2D eigenvalue weighted by Gasteiger charge is 2.24. The van der Waals surface area contributed by atoms with Gasteiger partial charge in [0.05, 0.1) is 22.2 Å². The first-order valence-electron chi connectivity index (χ1n) is 11.9. The average molecular weight is 485 g/mol. The van der Waals surface area contributed by atoms with E-state index in [1.54, 1.807) is 36.1 Å². The van der Waals surface area contributed by atoms with Gasteiger partial charge in [-0.1, -0.05) is 0 Å². The largest absolute Gasteiger partial charge is 0.478 e. The number of aromatic nitrogens is 3. The van der Waals surface area contributed by atoms with Gasteiger partial charge in [-0.25, -0.2) is 14.3 Å². The summed E-state index contributed by atoms with van der Waals surface area (Å²) in [6, 6.07) is 4.73. The van der Waals surface area contributed by atoms with Crippen molar-refractivity contribution in [3.05, 3.63) is 39.8 Å². The Morgan fingerprint density at radius 2 is 2.06 bits per heavy atom. The number of pyridine rings is 1. The third kappa shape index (κ3) is 5.17. The van der Waals surface area contributed by atoms with Crippen LogP contribution < -0.4 is 10.9 Å². The zero-order valence-corrected chi connectivity index (χ0v) is 20.6. The number of carboxylic acids is 1. The number of alkyl carbamates (subject to hydrolysis) is 1. The summed E-state index contributed by atoms with van der Waals surface area (Å²) in [6.45, 7) is 8.46. The second-order valence-electron chi connectivity index (χ2n) is 9.85. The molecular weight excluding hydrogens is 452 g/mol. The van der Waals surface area contributed by atoms with E-state index in [1.807, 2.05) is 6.92 Å². The van der Waals surface area contributed by atoms with Crippen LogP contribution in [0.2, 0.25) is 0 Å². The zero-order chi connectivity index (χ0) is 25.3. The standard InChI is InChI=1S/C25H32N4O6/c1-15-20-21(27-29(15)19-8-5-6-13-34-19)17-10-9-16(23(31)32)14-18(17)28(22(20)30)12-7-11-26-24(33)35-25(2,3)4/h9-10,14,19H,5-8,11-13H2,1-4H3,(H,26,33)(H,31,32). The van der Waals surface area contributed by atoms with E-state index in [1.165, 1.54) is 12.1 Å². The number of hydrogen-bond donors (Lipinski definition) is 2. The molecule has 0 spiro atoms. The van der Waals surface area contributed by atoms with Gasteiger partial charge >= 0.3 is 12.1 Å². The van der Waals surface area contributed by atoms with Crippen LogP contribution in [0, 0.1) is 6.92 Å². The predicted octanol–water partition coefficient (Wildman–Crippen LogP) is 3.97. The monoisotopic (exact) mass is 484 g/mol. The van der Waals surface area contributed by atoms with Crippen molar-refractivity contribution in [2.75, 3.05) is 13.2 Å². The fourth-order valence-corrected chi connectivity index (χ4v) is 4.46. The number of nitrogens with zero attached hydrogens (tertiary/aromatic N) is 3. The van der Waals surface area contributed by atoms with E-state index in [9.17, 15) is 19.5 Å². The highest BCUT2D eigenvalue weighted by atomic mass is 16.6. The first-order valence-corrected chi connectivity index (χ1v) is 11.9. The Balaban J connectivity index is 1.72. The molecule has 35 heavy (non-hydrogen) atoms. The number of aryl methyl sites for hydroxylation is 2. The Morgan fingerprint density at radius 1 is 1.29 bits per heavy atom. The summed E-state index contributed by atoms with van der Waals surface area (Å²) < 4.78 is 14.5. The molecule has 2 aromatic heterocycles. The number of fused-ring (bicyclic) bond motifs is 3. The van der Waals surface area contributed by atoms with Gasteiger partial charge in [-0.05, 0) is 71.6 Å². The van der Waals surface area contributed by atoms with Crippen molar-refractivity contribution in [3.63, 3.8) is 0 Å². The van der Waals surface area contributed by atoms with Gasteiger partial charge in [0.15, 0.2) is 0 Å². The SMILES string of the molecule is Cc1c2c(=O)n(CCCNC(=O)OC(C)(C)C)c3cc(C(=O)O)ccc3c2nn1C1CCCCO1. The number of nitrogens with one attached hydrogen (secondary N) is 1.